The Morgan fingerprint density at radius 3 is 2.65 bits per heavy atom. The van der Waals surface area contributed by atoms with Gasteiger partial charge in [0.05, 0.1) is 11.8 Å². The number of benzene rings is 2. The van der Waals surface area contributed by atoms with Gasteiger partial charge in [-0.15, -0.1) is 0 Å². The average molecular weight is 312 g/mol. The SMILES string of the molecule is CON=Cc1cccc(OC(=O)c2ccc(NC(=N)N)cc2)c1. The minimum absolute atomic E-state index is 0.171. The van der Waals surface area contributed by atoms with Crippen LogP contribution in [0.1, 0.15) is 15.9 Å². The quantitative estimate of drug-likeness (QED) is 0.258. The fourth-order valence-electron chi connectivity index (χ4n) is 1.78. The Morgan fingerprint density at radius 1 is 1.26 bits per heavy atom. The summed E-state index contributed by atoms with van der Waals surface area (Å²) in [6.07, 6.45) is 1.51. The van der Waals surface area contributed by atoms with Crippen LogP contribution < -0.4 is 15.8 Å². The van der Waals surface area contributed by atoms with Gasteiger partial charge in [0, 0.05) is 5.69 Å². The molecule has 4 N–H and O–H groups in total. The predicted molar refractivity (Wildman–Crippen MR) is 88.0 cm³/mol. The fraction of sp³-hybridized carbons (Fsp3) is 0.0625. The summed E-state index contributed by atoms with van der Waals surface area (Å²) in [6.45, 7) is 0. The summed E-state index contributed by atoms with van der Waals surface area (Å²) in [5, 5.41) is 13.4. The first-order valence-corrected chi connectivity index (χ1v) is 6.68. The maximum absolute atomic E-state index is 12.1. The number of carbonyl (C=O) groups excluding carboxylic acids is 1. The van der Waals surface area contributed by atoms with Gasteiger partial charge in [-0.3, -0.25) is 5.41 Å². The molecule has 7 nitrogen and oxygen atoms in total. The van der Waals surface area contributed by atoms with Crippen molar-refractivity contribution in [2.45, 2.75) is 0 Å². The van der Waals surface area contributed by atoms with Gasteiger partial charge in [0.2, 0.25) is 0 Å². The third kappa shape index (κ3) is 4.85. The van der Waals surface area contributed by atoms with E-state index in [2.05, 4.69) is 15.3 Å². The molecule has 2 aromatic rings. The molecule has 0 aliphatic heterocycles. The lowest BCUT2D eigenvalue weighted by molar-refractivity contribution is 0.0735. The first-order valence-electron chi connectivity index (χ1n) is 6.68. The highest BCUT2D eigenvalue weighted by molar-refractivity contribution is 5.93. The zero-order chi connectivity index (χ0) is 16.7. The predicted octanol–water partition coefficient (Wildman–Crippen LogP) is 2.19. The van der Waals surface area contributed by atoms with Crippen LogP contribution >= 0.6 is 0 Å². The molecule has 0 aliphatic carbocycles. The molecule has 0 bridgehead atoms. The molecule has 0 amide bonds. The molecular formula is C16H16N4O3. The van der Waals surface area contributed by atoms with E-state index in [1.165, 1.54) is 13.3 Å². The van der Waals surface area contributed by atoms with E-state index in [9.17, 15) is 4.79 Å². The van der Waals surface area contributed by atoms with Crippen molar-refractivity contribution >= 4 is 23.8 Å². The largest absolute Gasteiger partial charge is 0.423 e. The Hall–Kier alpha value is -3.35. The van der Waals surface area contributed by atoms with Gasteiger partial charge in [0.1, 0.15) is 12.9 Å². The fourth-order valence-corrected chi connectivity index (χ4v) is 1.78. The lowest BCUT2D eigenvalue weighted by Crippen LogP contribution is -2.20. The van der Waals surface area contributed by atoms with Gasteiger partial charge in [0.15, 0.2) is 5.96 Å². The normalized spacial score (nSPS) is 10.3. The highest BCUT2D eigenvalue weighted by Gasteiger charge is 2.09. The van der Waals surface area contributed by atoms with Crippen LogP contribution in [0, 0.1) is 5.41 Å². The van der Waals surface area contributed by atoms with Gasteiger partial charge >= 0.3 is 5.97 Å². The molecule has 2 rings (SSSR count). The topological polar surface area (TPSA) is 110 Å². The van der Waals surface area contributed by atoms with Crippen molar-refractivity contribution < 1.29 is 14.4 Å². The Bertz CT molecular complexity index is 726. The van der Waals surface area contributed by atoms with E-state index in [0.717, 1.165) is 5.56 Å². The molecule has 0 fully saturated rings. The molecule has 7 heteroatoms. The lowest BCUT2D eigenvalue weighted by atomic mass is 10.2. The third-order valence-electron chi connectivity index (χ3n) is 2.78. The summed E-state index contributed by atoms with van der Waals surface area (Å²) in [7, 11) is 1.45. The summed E-state index contributed by atoms with van der Waals surface area (Å²) < 4.78 is 5.31. The van der Waals surface area contributed by atoms with E-state index < -0.39 is 5.97 Å². The van der Waals surface area contributed by atoms with Crippen molar-refractivity contribution in [3.63, 3.8) is 0 Å². The third-order valence-corrected chi connectivity index (χ3v) is 2.78. The molecule has 0 heterocycles. The van der Waals surface area contributed by atoms with E-state index in [1.807, 2.05) is 6.07 Å². The number of oxime groups is 1. The number of carbonyl (C=O) groups is 1. The first-order chi connectivity index (χ1) is 11.1. The second-order valence-corrected chi connectivity index (χ2v) is 4.50. The van der Waals surface area contributed by atoms with Crippen LogP contribution in [0.2, 0.25) is 0 Å². The van der Waals surface area contributed by atoms with Crippen molar-refractivity contribution in [2.75, 3.05) is 12.4 Å². The average Bonchev–Trinajstić information content (AvgIpc) is 2.53. The monoisotopic (exact) mass is 312 g/mol. The number of hydrogen-bond acceptors (Lipinski definition) is 5. The molecule has 0 atom stereocenters. The molecule has 118 valence electrons. The number of nitrogens with two attached hydrogens (primary N) is 1. The first kappa shape index (κ1) is 16.0. The Morgan fingerprint density at radius 2 is 2.00 bits per heavy atom. The molecule has 0 spiro atoms. The Kier molecular flexibility index (Phi) is 5.30. The molecular weight excluding hydrogens is 296 g/mol. The van der Waals surface area contributed by atoms with E-state index in [-0.39, 0.29) is 5.96 Å². The number of nitrogens with zero attached hydrogens (tertiary/aromatic N) is 1. The molecule has 0 aliphatic rings. The summed E-state index contributed by atoms with van der Waals surface area (Å²) in [5.41, 5.74) is 6.98. The van der Waals surface area contributed by atoms with Crippen molar-refractivity contribution in [1.29, 1.82) is 5.41 Å². The molecule has 23 heavy (non-hydrogen) atoms. The van der Waals surface area contributed by atoms with Crippen molar-refractivity contribution in [3.8, 4) is 5.75 Å². The van der Waals surface area contributed by atoms with Crippen LogP contribution in [-0.4, -0.2) is 25.3 Å². The van der Waals surface area contributed by atoms with Crippen LogP contribution in [0.5, 0.6) is 5.75 Å². The minimum atomic E-state index is -0.486. The minimum Gasteiger partial charge on any atom is -0.423 e. The number of nitrogens with one attached hydrogen (secondary N) is 2. The van der Waals surface area contributed by atoms with Gasteiger partial charge in [-0.05, 0) is 42.0 Å². The van der Waals surface area contributed by atoms with Crippen LogP contribution in [0.3, 0.4) is 0 Å². The highest BCUT2D eigenvalue weighted by atomic mass is 16.6. The van der Waals surface area contributed by atoms with Crippen LogP contribution in [-0.2, 0) is 4.84 Å². The number of guanidine groups is 1. The van der Waals surface area contributed by atoms with Gasteiger partial charge < -0.3 is 20.6 Å². The van der Waals surface area contributed by atoms with E-state index >= 15 is 0 Å². The van der Waals surface area contributed by atoms with E-state index in [1.54, 1.807) is 42.5 Å². The second kappa shape index (κ2) is 7.60. The van der Waals surface area contributed by atoms with E-state index in [4.69, 9.17) is 15.9 Å². The lowest BCUT2D eigenvalue weighted by Gasteiger charge is -2.07. The number of esters is 1. The zero-order valence-electron chi connectivity index (χ0n) is 12.4. The second-order valence-electron chi connectivity index (χ2n) is 4.50. The number of hydrogen-bond donors (Lipinski definition) is 3. The van der Waals surface area contributed by atoms with Crippen molar-refractivity contribution in [1.82, 2.24) is 0 Å². The maximum Gasteiger partial charge on any atom is 0.343 e. The van der Waals surface area contributed by atoms with Crippen molar-refractivity contribution in [3.05, 3.63) is 59.7 Å². The Balaban J connectivity index is 2.06. The number of anilines is 1. The van der Waals surface area contributed by atoms with Gasteiger partial charge in [-0.25, -0.2) is 4.79 Å². The van der Waals surface area contributed by atoms with E-state index in [0.29, 0.717) is 17.0 Å². The van der Waals surface area contributed by atoms with Gasteiger partial charge in [0.25, 0.3) is 0 Å². The maximum atomic E-state index is 12.1. The summed E-state index contributed by atoms with van der Waals surface area (Å²) >= 11 is 0. The van der Waals surface area contributed by atoms with Crippen LogP contribution in [0.15, 0.2) is 53.7 Å². The summed E-state index contributed by atoms with van der Waals surface area (Å²) in [4.78, 5) is 16.7. The molecule has 2 aromatic carbocycles. The molecule has 0 unspecified atom stereocenters. The molecule has 0 saturated heterocycles. The highest BCUT2D eigenvalue weighted by Crippen LogP contribution is 2.16. The molecule has 0 radical (unpaired) electrons. The molecule has 0 aromatic heterocycles. The Labute approximate surface area is 133 Å². The zero-order valence-corrected chi connectivity index (χ0v) is 12.4. The molecule has 0 saturated carbocycles. The smallest absolute Gasteiger partial charge is 0.343 e. The van der Waals surface area contributed by atoms with Gasteiger partial charge in [-0.1, -0.05) is 17.3 Å². The number of ether oxygens (including phenoxy) is 1. The standard InChI is InChI=1S/C16H16N4O3/c1-22-19-10-11-3-2-4-14(9-11)23-15(21)12-5-7-13(8-6-12)20-16(17)18/h2-10H,1H3,(H4,17,18,20). The van der Waals surface area contributed by atoms with Crippen LogP contribution in [0.25, 0.3) is 0 Å². The summed E-state index contributed by atoms with van der Waals surface area (Å²) in [5.74, 6) is -0.254. The van der Waals surface area contributed by atoms with Gasteiger partial charge in [-0.2, -0.15) is 0 Å². The van der Waals surface area contributed by atoms with Crippen molar-refractivity contribution in [2.24, 2.45) is 10.9 Å². The summed E-state index contributed by atoms with van der Waals surface area (Å²) in [6, 6.07) is 13.4. The van der Waals surface area contributed by atoms with Crippen LogP contribution in [0.4, 0.5) is 5.69 Å². The number of rotatable bonds is 5.